The van der Waals surface area contributed by atoms with E-state index in [0.29, 0.717) is 13.0 Å². The maximum atomic E-state index is 11.9. The Kier molecular flexibility index (Phi) is 25.3. The van der Waals surface area contributed by atoms with E-state index in [0.717, 1.165) is 51.2 Å². The molecular formula is C27H58N2O4Si. The summed E-state index contributed by atoms with van der Waals surface area (Å²) in [6.45, 7) is 4.75. The fourth-order valence-corrected chi connectivity index (χ4v) is 6.07. The van der Waals surface area contributed by atoms with Gasteiger partial charge < -0.3 is 25.3 Å². The van der Waals surface area contributed by atoms with Gasteiger partial charge in [0.05, 0.1) is 12.5 Å². The highest BCUT2D eigenvalue weighted by molar-refractivity contribution is 6.73. The van der Waals surface area contributed by atoms with E-state index in [1.165, 1.54) is 77.0 Å². The SMILES string of the molecule is CCCCCCCCCCCCCCCC(=O)NCCNCCCCCC[Si](CO)(CO)OC. The zero-order valence-electron chi connectivity index (χ0n) is 22.7. The summed E-state index contributed by atoms with van der Waals surface area (Å²) >= 11 is 0. The Balaban J connectivity index is 3.30. The van der Waals surface area contributed by atoms with Crippen molar-refractivity contribution in [1.29, 1.82) is 0 Å². The first-order valence-electron chi connectivity index (χ1n) is 14.4. The molecule has 0 saturated carbocycles. The van der Waals surface area contributed by atoms with Crippen LogP contribution < -0.4 is 10.6 Å². The fourth-order valence-electron chi connectivity index (χ4n) is 4.30. The average Bonchev–Trinajstić information content (AvgIpc) is 2.86. The summed E-state index contributed by atoms with van der Waals surface area (Å²) < 4.78 is 5.39. The molecule has 0 bridgehead atoms. The van der Waals surface area contributed by atoms with Gasteiger partial charge in [-0.15, -0.1) is 0 Å². The summed E-state index contributed by atoms with van der Waals surface area (Å²) in [4.78, 5) is 11.9. The molecule has 0 rings (SSSR count). The van der Waals surface area contributed by atoms with Crippen molar-refractivity contribution < 1.29 is 19.4 Å². The van der Waals surface area contributed by atoms with Gasteiger partial charge >= 0.3 is 0 Å². The van der Waals surface area contributed by atoms with Crippen LogP contribution in [-0.4, -0.2) is 63.6 Å². The van der Waals surface area contributed by atoms with Gasteiger partial charge in [0.1, 0.15) is 0 Å². The molecule has 0 aromatic heterocycles. The van der Waals surface area contributed by atoms with Gasteiger partial charge in [0, 0.05) is 26.6 Å². The first kappa shape index (κ1) is 33.5. The lowest BCUT2D eigenvalue weighted by atomic mass is 10.0. The number of unbranched alkanes of at least 4 members (excludes halogenated alkanes) is 15. The van der Waals surface area contributed by atoms with Gasteiger partial charge in [-0.2, -0.15) is 0 Å². The van der Waals surface area contributed by atoms with Crippen LogP contribution in [0.3, 0.4) is 0 Å². The van der Waals surface area contributed by atoms with Crippen molar-refractivity contribution in [1.82, 2.24) is 10.6 Å². The highest BCUT2D eigenvalue weighted by Gasteiger charge is 2.31. The molecule has 204 valence electrons. The molecule has 7 heteroatoms. The second-order valence-corrected chi connectivity index (χ2v) is 13.9. The van der Waals surface area contributed by atoms with E-state index < -0.39 is 8.32 Å². The smallest absolute Gasteiger partial charge is 0.242 e. The van der Waals surface area contributed by atoms with E-state index in [2.05, 4.69) is 17.6 Å². The Hall–Kier alpha value is -0.473. The molecule has 0 heterocycles. The third kappa shape index (κ3) is 20.9. The number of rotatable bonds is 27. The molecular weight excluding hydrogens is 444 g/mol. The molecule has 1 amide bonds. The average molecular weight is 503 g/mol. The number of aliphatic hydroxyl groups is 2. The fraction of sp³-hybridized carbons (Fsp3) is 0.963. The highest BCUT2D eigenvalue weighted by Crippen LogP contribution is 2.15. The van der Waals surface area contributed by atoms with Gasteiger partial charge in [-0.25, -0.2) is 0 Å². The predicted molar refractivity (Wildman–Crippen MR) is 146 cm³/mol. The van der Waals surface area contributed by atoms with Crippen LogP contribution in [0.1, 0.15) is 122 Å². The van der Waals surface area contributed by atoms with Crippen molar-refractivity contribution in [2.24, 2.45) is 0 Å². The maximum absolute atomic E-state index is 11.9. The van der Waals surface area contributed by atoms with Crippen molar-refractivity contribution in [3.63, 3.8) is 0 Å². The zero-order chi connectivity index (χ0) is 25.2. The van der Waals surface area contributed by atoms with Crippen molar-refractivity contribution in [3.8, 4) is 0 Å². The Morgan fingerprint density at radius 1 is 0.676 bits per heavy atom. The minimum absolute atomic E-state index is 0.00731. The van der Waals surface area contributed by atoms with Gasteiger partial charge in [-0.3, -0.25) is 4.79 Å². The van der Waals surface area contributed by atoms with Gasteiger partial charge in [0.25, 0.3) is 0 Å². The van der Waals surface area contributed by atoms with E-state index >= 15 is 0 Å². The third-order valence-electron chi connectivity index (χ3n) is 6.88. The molecule has 0 spiro atoms. The van der Waals surface area contributed by atoms with Gasteiger partial charge in [-0.05, 0) is 25.4 Å². The summed E-state index contributed by atoms with van der Waals surface area (Å²) in [6.07, 6.45) is 22.3. The Morgan fingerprint density at radius 2 is 1.18 bits per heavy atom. The normalized spacial score (nSPS) is 11.8. The molecule has 6 nitrogen and oxygen atoms in total. The predicted octanol–water partition coefficient (Wildman–Crippen LogP) is 5.39. The van der Waals surface area contributed by atoms with Crippen LogP contribution in [0.4, 0.5) is 0 Å². The van der Waals surface area contributed by atoms with Crippen molar-refractivity contribution in [2.75, 3.05) is 39.2 Å². The van der Waals surface area contributed by atoms with Crippen molar-refractivity contribution in [3.05, 3.63) is 0 Å². The highest BCUT2D eigenvalue weighted by atomic mass is 28.4. The largest absolute Gasteiger partial charge is 0.415 e. The molecule has 4 N–H and O–H groups in total. The zero-order valence-corrected chi connectivity index (χ0v) is 23.7. The van der Waals surface area contributed by atoms with Crippen LogP contribution in [0.2, 0.25) is 6.04 Å². The number of nitrogens with one attached hydrogen (secondary N) is 2. The van der Waals surface area contributed by atoms with Gasteiger partial charge in [0.2, 0.25) is 14.2 Å². The number of aliphatic hydroxyl groups excluding tert-OH is 2. The Bertz CT molecular complexity index is 429. The lowest BCUT2D eigenvalue weighted by Gasteiger charge is -2.24. The number of amides is 1. The molecule has 0 atom stereocenters. The van der Waals surface area contributed by atoms with Crippen LogP contribution in [0.5, 0.6) is 0 Å². The maximum Gasteiger partial charge on any atom is 0.242 e. The second kappa shape index (κ2) is 25.6. The molecule has 0 unspecified atom stereocenters. The second-order valence-electron chi connectivity index (χ2n) is 9.96. The molecule has 0 fully saturated rings. The van der Waals surface area contributed by atoms with Gasteiger partial charge in [-0.1, -0.05) is 103 Å². The van der Waals surface area contributed by atoms with Crippen LogP contribution in [0.25, 0.3) is 0 Å². The summed E-state index contributed by atoms with van der Waals surface area (Å²) in [6, 6.07) is 0.815. The number of hydrogen-bond donors (Lipinski definition) is 4. The van der Waals surface area contributed by atoms with E-state index in [4.69, 9.17) is 4.43 Å². The summed E-state index contributed by atoms with van der Waals surface area (Å²) in [5, 5.41) is 25.2. The number of carbonyl (C=O) groups is 1. The molecule has 34 heavy (non-hydrogen) atoms. The quantitative estimate of drug-likeness (QED) is 0.0893. The van der Waals surface area contributed by atoms with E-state index in [9.17, 15) is 15.0 Å². The number of carbonyl (C=O) groups excluding carboxylic acids is 1. The molecule has 0 aromatic carbocycles. The molecule has 0 radical (unpaired) electrons. The van der Waals surface area contributed by atoms with E-state index in [1.807, 2.05) is 0 Å². The van der Waals surface area contributed by atoms with Crippen molar-refractivity contribution >= 4 is 14.2 Å². The molecule has 0 saturated heterocycles. The topological polar surface area (TPSA) is 90.8 Å². The molecule has 0 aromatic rings. The van der Waals surface area contributed by atoms with Crippen LogP contribution in [0, 0.1) is 0 Å². The third-order valence-corrected chi connectivity index (χ3v) is 10.2. The lowest BCUT2D eigenvalue weighted by molar-refractivity contribution is -0.121. The molecule has 0 aliphatic heterocycles. The summed E-state index contributed by atoms with van der Waals surface area (Å²) in [5.74, 6) is 0.184. The van der Waals surface area contributed by atoms with E-state index in [-0.39, 0.29) is 18.4 Å². The van der Waals surface area contributed by atoms with Crippen LogP contribution in [-0.2, 0) is 9.22 Å². The summed E-state index contributed by atoms with van der Waals surface area (Å²) in [7, 11) is -0.689. The molecule has 0 aliphatic carbocycles. The molecule has 0 aliphatic rings. The van der Waals surface area contributed by atoms with Crippen molar-refractivity contribution in [2.45, 2.75) is 129 Å². The van der Waals surface area contributed by atoms with Crippen LogP contribution in [0.15, 0.2) is 0 Å². The van der Waals surface area contributed by atoms with Crippen LogP contribution >= 0.6 is 0 Å². The lowest BCUT2D eigenvalue weighted by Crippen LogP contribution is -2.46. The number of hydrogen-bond acceptors (Lipinski definition) is 5. The summed E-state index contributed by atoms with van der Waals surface area (Å²) in [5.41, 5.74) is 0. The standard InChI is InChI=1S/C27H58N2O4Si/c1-3-4-5-6-7-8-9-10-11-12-13-14-17-20-27(32)29-23-22-28-21-18-15-16-19-24-34(25-30,26-31)33-2/h28,30-31H,3-26H2,1-2H3,(H,29,32). The minimum atomic E-state index is -2.29. The first-order chi connectivity index (χ1) is 16.6. The minimum Gasteiger partial charge on any atom is -0.415 e. The van der Waals surface area contributed by atoms with E-state index in [1.54, 1.807) is 7.11 Å². The first-order valence-corrected chi connectivity index (χ1v) is 16.9. The monoisotopic (exact) mass is 502 g/mol. The Morgan fingerprint density at radius 3 is 1.71 bits per heavy atom. The Labute approximate surface area is 212 Å². The van der Waals surface area contributed by atoms with Gasteiger partial charge in [0.15, 0.2) is 0 Å².